The zero-order valence-electron chi connectivity index (χ0n) is 18.2. The van der Waals surface area contributed by atoms with Gasteiger partial charge in [0.2, 0.25) is 5.91 Å². The summed E-state index contributed by atoms with van der Waals surface area (Å²) in [7, 11) is 0. The van der Waals surface area contributed by atoms with Crippen molar-refractivity contribution in [1.29, 1.82) is 0 Å². The van der Waals surface area contributed by atoms with Gasteiger partial charge in [0, 0.05) is 16.6 Å². The van der Waals surface area contributed by atoms with Crippen molar-refractivity contribution < 1.29 is 9.18 Å². The molecule has 7 heteroatoms. The van der Waals surface area contributed by atoms with Gasteiger partial charge < -0.3 is 5.32 Å². The third kappa shape index (κ3) is 4.13. The Morgan fingerprint density at radius 2 is 1.59 bits per heavy atom. The number of rotatable bonds is 5. The van der Waals surface area contributed by atoms with Crippen LogP contribution < -0.4 is 10.9 Å². The molecule has 1 unspecified atom stereocenters. The Morgan fingerprint density at radius 1 is 0.941 bits per heavy atom. The van der Waals surface area contributed by atoms with Crippen LogP contribution in [0.1, 0.15) is 13.0 Å². The van der Waals surface area contributed by atoms with Crippen molar-refractivity contribution in [1.82, 2.24) is 9.55 Å². The minimum Gasteiger partial charge on any atom is -0.324 e. The average Bonchev–Trinajstić information content (AvgIpc) is 3.31. The first-order valence-corrected chi connectivity index (χ1v) is 11.6. The lowest BCUT2D eigenvalue weighted by Crippen LogP contribution is -2.31. The van der Waals surface area contributed by atoms with Gasteiger partial charge in [-0.15, -0.1) is 11.3 Å². The lowest BCUT2D eigenvalue weighted by molar-refractivity contribution is -0.118. The Kier molecular flexibility index (Phi) is 5.77. The van der Waals surface area contributed by atoms with Gasteiger partial charge in [0.15, 0.2) is 0 Å². The van der Waals surface area contributed by atoms with Crippen LogP contribution in [-0.2, 0) is 4.79 Å². The zero-order chi connectivity index (χ0) is 23.7. The van der Waals surface area contributed by atoms with Gasteiger partial charge in [0.05, 0.1) is 11.7 Å². The van der Waals surface area contributed by atoms with E-state index in [2.05, 4.69) is 22.4 Å². The van der Waals surface area contributed by atoms with Crippen LogP contribution in [0.15, 0.2) is 95.4 Å². The summed E-state index contributed by atoms with van der Waals surface area (Å²) < 4.78 is 14.5. The number of nitrogens with one attached hydrogen (secondary N) is 1. The number of benzene rings is 3. The normalized spacial score (nSPS) is 11.9. The Balaban J connectivity index is 1.47. The first kappa shape index (κ1) is 21.7. The van der Waals surface area contributed by atoms with Gasteiger partial charge in [-0.05, 0) is 47.9 Å². The Morgan fingerprint density at radius 3 is 2.29 bits per heavy atom. The quantitative estimate of drug-likeness (QED) is 0.337. The first-order valence-electron chi connectivity index (χ1n) is 10.7. The standard InChI is InChI=1S/C27H20FN3O2S/c1-17(25(32)30-22-13-11-21(28)12-14-22)31-16-29-26-24(27(31)33)23(15-34-26)20-9-7-19(8-10-20)18-5-3-2-4-6-18/h2-17H,1H3,(H,30,32). The molecule has 0 aliphatic carbocycles. The molecule has 5 rings (SSSR count). The van der Waals surface area contributed by atoms with Crippen molar-refractivity contribution >= 4 is 33.1 Å². The van der Waals surface area contributed by atoms with Gasteiger partial charge in [0.25, 0.3) is 5.56 Å². The second kappa shape index (κ2) is 9.03. The molecule has 0 saturated carbocycles. The van der Waals surface area contributed by atoms with Crippen LogP contribution in [0, 0.1) is 5.82 Å². The van der Waals surface area contributed by atoms with Crippen molar-refractivity contribution in [3.05, 3.63) is 107 Å². The van der Waals surface area contributed by atoms with Gasteiger partial charge >= 0.3 is 0 Å². The number of hydrogen-bond donors (Lipinski definition) is 1. The smallest absolute Gasteiger partial charge is 0.263 e. The van der Waals surface area contributed by atoms with Crippen LogP contribution in [0.2, 0.25) is 0 Å². The fraction of sp³-hybridized carbons (Fsp3) is 0.0741. The number of amides is 1. The van der Waals surface area contributed by atoms with Crippen molar-refractivity contribution in [2.45, 2.75) is 13.0 Å². The van der Waals surface area contributed by atoms with E-state index in [-0.39, 0.29) is 11.5 Å². The second-order valence-electron chi connectivity index (χ2n) is 7.90. The summed E-state index contributed by atoms with van der Waals surface area (Å²) in [5.74, 6) is -0.780. The lowest BCUT2D eigenvalue weighted by atomic mass is 10.0. The fourth-order valence-electron chi connectivity index (χ4n) is 3.81. The topological polar surface area (TPSA) is 64.0 Å². The highest BCUT2D eigenvalue weighted by Crippen LogP contribution is 2.32. The van der Waals surface area contributed by atoms with E-state index in [1.165, 1.54) is 46.5 Å². The van der Waals surface area contributed by atoms with E-state index in [9.17, 15) is 14.0 Å². The molecular weight excluding hydrogens is 449 g/mol. The summed E-state index contributed by atoms with van der Waals surface area (Å²) in [6, 6.07) is 22.8. The maximum Gasteiger partial charge on any atom is 0.263 e. The molecule has 34 heavy (non-hydrogen) atoms. The molecule has 5 nitrogen and oxygen atoms in total. The largest absolute Gasteiger partial charge is 0.324 e. The van der Waals surface area contributed by atoms with Crippen LogP contribution in [0.5, 0.6) is 0 Å². The summed E-state index contributed by atoms with van der Waals surface area (Å²) in [5, 5.41) is 5.12. The highest BCUT2D eigenvalue weighted by molar-refractivity contribution is 7.17. The van der Waals surface area contributed by atoms with Crippen LogP contribution in [0.3, 0.4) is 0 Å². The SMILES string of the molecule is CC(C(=O)Nc1ccc(F)cc1)n1cnc2scc(-c3ccc(-c4ccccc4)cc3)c2c1=O. The number of hydrogen-bond acceptors (Lipinski definition) is 4. The number of halogens is 1. The van der Waals surface area contributed by atoms with Gasteiger partial charge in [-0.3, -0.25) is 14.2 Å². The number of carbonyl (C=O) groups excluding carboxylic acids is 1. The van der Waals surface area contributed by atoms with Gasteiger partial charge in [0.1, 0.15) is 16.7 Å². The summed E-state index contributed by atoms with van der Waals surface area (Å²) in [4.78, 5) is 31.2. The molecule has 0 bridgehead atoms. The highest BCUT2D eigenvalue weighted by atomic mass is 32.1. The molecule has 0 radical (unpaired) electrons. The third-order valence-corrected chi connectivity index (χ3v) is 6.62. The fourth-order valence-corrected chi connectivity index (χ4v) is 4.72. The highest BCUT2D eigenvalue weighted by Gasteiger charge is 2.20. The predicted octanol–water partition coefficient (Wildman–Crippen LogP) is 6.13. The molecule has 1 amide bonds. The number of aromatic nitrogens is 2. The Labute approximate surface area is 199 Å². The average molecular weight is 470 g/mol. The molecule has 168 valence electrons. The summed E-state index contributed by atoms with van der Waals surface area (Å²) in [6.07, 6.45) is 1.40. The van der Waals surface area contributed by atoms with Gasteiger partial charge in [-0.25, -0.2) is 9.37 Å². The number of carbonyl (C=O) groups is 1. The van der Waals surface area contributed by atoms with Crippen molar-refractivity contribution in [2.24, 2.45) is 0 Å². The first-order chi connectivity index (χ1) is 16.5. The van der Waals surface area contributed by atoms with Crippen molar-refractivity contribution in [3.63, 3.8) is 0 Å². The van der Waals surface area contributed by atoms with E-state index in [1.807, 2.05) is 47.8 Å². The Hall–Kier alpha value is -4.10. The monoisotopic (exact) mass is 469 g/mol. The molecule has 3 aromatic carbocycles. The van der Waals surface area contributed by atoms with E-state index in [0.717, 1.165) is 22.3 Å². The van der Waals surface area contributed by atoms with E-state index < -0.39 is 11.9 Å². The summed E-state index contributed by atoms with van der Waals surface area (Å²) in [6.45, 7) is 1.63. The maximum absolute atomic E-state index is 13.4. The van der Waals surface area contributed by atoms with Crippen LogP contribution in [0.4, 0.5) is 10.1 Å². The van der Waals surface area contributed by atoms with E-state index in [4.69, 9.17) is 0 Å². The molecule has 0 spiro atoms. The molecule has 1 N–H and O–H groups in total. The number of thiophene rings is 1. The number of anilines is 1. The zero-order valence-corrected chi connectivity index (χ0v) is 19.1. The third-order valence-electron chi connectivity index (χ3n) is 5.73. The number of fused-ring (bicyclic) bond motifs is 1. The molecule has 0 saturated heterocycles. The van der Waals surface area contributed by atoms with Crippen LogP contribution in [0.25, 0.3) is 32.5 Å². The minimum atomic E-state index is -0.803. The maximum atomic E-state index is 13.4. The molecule has 2 aromatic heterocycles. The van der Waals surface area contributed by atoms with Gasteiger partial charge in [-0.2, -0.15) is 0 Å². The molecule has 2 heterocycles. The molecular formula is C27H20FN3O2S. The van der Waals surface area contributed by atoms with Crippen molar-refractivity contribution in [3.8, 4) is 22.3 Å². The van der Waals surface area contributed by atoms with Crippen LogP contribution >= 0.6 is 11.3 Å². The number of nitrogens with zero attached hydrogens (tertiary/aromatic N) is 2. The van der Waals surface area contributed by atoms with Gasteiger partial charge in [-0.1, -0.05) is 54.6 Å². The molecule has 0 aliphatic rings. The summed E-state index contributed by atoms with van der Waals surface area (Å²) >= 11 is 1.40. The predicted molar refractivity (Wildman–Crippen MR) is 134 cm³/mol. The van der Waals surface area contributed by atoms with E-state index in [0.29, 0.717) is 15.9 Å². The van der Waals surface area contributed by atoms with E-state index >= 15 is 0 Å². The Bertz CT molecular complexity index is 1530. The van der Waals surface area contributed by atoms with E-state index in [1.54, 1.807) is 6.92 Å². The molecule has 0 aliphatic heterocycles. The van der Waals surface area contributed by atoms with Crippen LogP contribution in [-0.4, -0.2) is 15.5 Å². The molecule has 1 atom stereocenters. The second-order valence-corrected chi connectivity index (χ2v) is 8.76. The summed E-state index contributed by atoms with van der Waals surface area (Å²) in [5.41, 5.74) is 4.08. The minimum absolute atomic E-state index is 0.282. The molecule has 0 fully saturated rings. The van der Waals surface area contributed by atoms with Crippen molar-refractivity contribution in [2.75, 3.05) is 5.32 Å². The molecule has 5 aromatic rings. The lowest BCUT2D eigenvalue weighted by Gasteiger charge is -2.15.